The van der Waals surface area contributed by atoms with E-state index < -0.39 is 0 Å². The van der Waals surface area contributed by atoms with Gasteiger partial charge in [-0.25, -0.2) is 4.98 Å². The van der Waals surface area contributed by atoms with Crippen LogP contribution in [0.4, 0.5) is 5.82 Å². The van der Waals surface area contributed by atoms with Gasteiger partial charge in [-0.15, -0.1) is 0 Å². The third-order valence-electron chi connectivity index (χ3n) is 2.22. The van der Waals surface area contributed by atoms with Crippen LogP contribution in [0, 0.1) is 0 Å². The van der Waals surface area contributed by atoms with Crippen LogP contribution in [0.15, 0.2) is 18.3 Å². The van der Waals surface area contributed by atoms with Crippen LogP contribution >= 0.6 is 0 Å². The van der Waals surface area contributed by atoms with E-state index in [1.165, 1.54) is 0 Å². The molecule has 0 aliphatic rings. The maximum Gasteiger partial charge on any atom is 0.137 e. The Bertz CT molecular complexity index is 296. The quantitative estimate of drug-likeness (QED) is 0.806. The highest BCUT2D eigenvalue weighted by atomic mass is 16.5. The summed E-state index contributed by atoms with van der Waals surface area (Å²) in [6, 6.07) is 3.75. The van der Waals surface area contributed by atoms with Crippen LogP contribution in [0.2, 0.25) is 0 Å². The van der Waals surface area contributed by atoms with Gasteiger partial charge in [-0.2, -0.15) is 0 Å². The van der Waals surface area contributed by atoms with Gasteiger partial charge in [0.2, 0.25) is 0 Å². The van der Waals surface area contributed by atoms with Gasteiger partial charge in [-0.05, 0) is 26.0 Å². The van der Waals surface area contributed by atoms with Crippen molar-refractivity contribution in [3.63, 3.8) is 0 Å². The Morgan fingerprint density at radius 2 is 2.07 bits per heavy atom. The first-order chi connectivity index (χ1) is 7.07. The molecule has 1 heterocycles. The molecule has 4 heteroatoms. The highest BCUT2D eigenvalue weighted by Crippen LogP contribution is 2.13. The van der Waals surface area contributed by atoms with Crippen LogP contribution in [0.25, 0.3) is 0 Å². The summed E-state index contributed by atoms with van der Waals surface area (Å²) in [6.45, 7) is 4.75. The lowest BCUT2D eigenvalue weighted by atomic mass is 10.1. The molecule has 0 saturated heterocycles. The third-order valence-corrected chi connectivity index (χ3v) is 2.22. The predicted molar refractivity (Wildman–Crippen MR) is 60.4 cm³/mol. The zero-order valence-corrected chi connectivity index (χ0v) is 9.70. The summed E-state index contributed by atoms with van der Waals surface area (Å²) in [7, 11) is 3.32. The molecule has 0 aliphatic heterocycles. The van der Waals surface area contributed by atoms with Crippen molar-refractivity contribution in [2.75, 3.05) is 26.1 Å². The second-order valence-electron chi connectivity index (χ2n) is 3.90. The Labute approximate surface area is 90.6 Å². The second-order valence-corrected chi connectivity index (χ2v) is 3.90. The summed E-state index contributed by atoms with van der Waals surface area (Å²) in [5.74, 6) is 1.58. The number of methoxy groups -OCH3 is 2. The molecule has 1 N–H and O–H groups in total. The van der Waals surface area contributed by atoms with E-state index in [1.807, 2.05) is 26.0 Å². The molecule has 1 aromatic heterocycles. The SMILES string of the molecule is COc1ccc(NCC(C)(C)OC)nc1. The van der Waals surface area contributed by atoms with Gasteiger partial charge in [0.25, 0.3) is 0 Å². The molecule has 1 rings (SSSR count). The Kier molecular flexibility index (Phi) is 3.91. The number of nitrogens with one attached hydrogen (secondary N) is 1. The molecule has 4 nitrogen and oxygen atoms in total. The van der Waals surface area contributed by atoms with E-state index in [0.29, 0.717) is 6.54 Å². The van der Waals surface area contributed by atoms with E-state index in [0.717, 1.165) is 11.6 Å². The van der Waals surface area contributed by atoms with E-state index in [1.54, 1.807) is 20.4 Å². The molecule has 0 unspecified atom stereocenters. The normalized spacial score (nSPS) is 11.2. The molecule has 15 heavy (non-hydrogen) atoms. The minimum Gasteiger partial charge on any atom is -0.495 e. The summed E-state index contributed by atoms with van der Waals surface area (Å²) < 4.78 is 10.3. The fourth-order valence-corrected chi connectivity index (χ4v) is 0.981. The number of rotatable bonds is 5. The van der Waals surface area contributed by atoms with Crippen molar-refractivity contribution in [1.29, 1.82) is 0 Å². The molecule has 0 atom stereocenters. The molecule has 84 valence electrons. The minimum absolute atomic E-state index is 0.193. The largest absolute Gasteiger partial charge is 0.495 e. The van der Waals surface area contributed by atoms with Crippen molar-refractivity contribution < 1.29 is 9.47 Å². The first kappa shape index (κ1) is 11.8. The number of ether oxygens (including phenoxy) is 2. The predicted octanol–water partition coefficient (Wildman–Crippen LogP) is 1.93. The molecular formula is C11H18N2O2. The lowest BCUT2D eigenvalue weighted by molar-refractivity contribution is 0.0343. The van der Waals surface area contributed by atoms with Crippen molar-refractivity contribution in [1.82, 2.24) is 4.98 Å². The van der Waals surface area contributed by atoms with Gasteiger partial charge in [0.15, 0.2) is 0 Å². The topological polar surface area (TPSA) is 43.4 Å². The zero-order valence-electron chi connectivity index (χ0n) is 9.70. The molecule has 0 radical (unpaired) electrons. The number of aromatic nitrogens is 1. The Balaban J connectivity index is 2.51. The van der Waals surface area contributed by atoms with Gasteiger partial charge < -0.3 is 14.8 Å². The molecular weight excluding hydrogens is 192 g/mol. The number of anilines is 1. The fourth-order valence-electron chi connectivity index (χ4n) is 0.981. The van der Waals surface area contributed by atoms with Gasteiger partial charge in [0, 0.05) is 13.7 Å². The molecule has 0 amide bonds. The van der Waals surface area contributed by atoms with Crippen LogP contribution < -0.4 is 10.1 Å². The molecule has 0 aromatic carbocycles. The monoisotopic (exact) mass is 210 g/mol. The van der Waals surface area contributed by atoms with E-state index in [2.05, 4.69) is 10.3 Å². The lowest BCUT2D eigenvalue weighted by Crippen LogP contribution is -2.32. The van der Waals surface area contributed by atoms with Crippen molar-refractivity contribution in [3.05, 3.63) is 18.3 Å². The summed E-state index contributed by atoms with van der Waals surface area (Å²) in [4.78, 5) is 4.20. The summed E-state index contributed by atoms with van der Waals surface area (Å²) in [5.41, 5.74) is -0.193. The first-order valence-corrected chi connectivity index (χ1v) is 4.86. The van der Waals surface area contributed by atoms with Gasteiger partial charge in [0.05, 0.1) is 18.9 Å². The van der Waals surface area contributed by atoms with Crippen molar-refractivity contribution >= 4 is 5.82 Å². The van der Waals surface area contributed by atoms with Gasteiger partial charge >= 0.3 is 0 Å². The average molecular weight is 210 g/mol. The van der Waals surface area contributed by atoms with E-state index >= 15 is 0 Å². The van der Waals surface area contributed by atoms with E-state index in [-0.39, 0.29) is 5.60 Å². The molecule has 0 bridgehead atoms. The smallest absolute Gasteiger partial charge is 0.137 e. The maximum atomic E-state index is 5.29. The molecule has 0 fully saturated rings. The molecule has 0 aliphatic carbocycles. The fraction of sp³-hybridized carbons (Fsp3) is 0.545. The lowest BCUT2D eigenvalue weighted by Gasteiger charge is -2.23. The van der Waals surface area contributed by atoms with Crippen LogP contribution in [-0.4, -0.2) is 31.3 Å². The summed E-state index contributed by atoms with van der Waals surface area (Å²) in [6.07, 6.45) is 1.68. The number of hydrogen-bond acceptors (Lipinski definition) is 4. The highest BCUT2D eigenvalue weighted by molar-refractivity contribution is 5.37. The summed E-state index contributed by atoms with van der Waals surface area (Å²) in [5, 5.41) is 3.20. The van der Waals surface area contributed by atoms with Crippen molar-refractivity contribution in [2.45, 2.75) is 19.4 Å². The van der Waals surface area contributed by atoms with Crippen molar-refractivity contribution in [3.8, 4) is 5.75 Å². The Morgan fingerprint density at radius 3 is 2.53 bits per heavy atom. The molecule has 0 saturated carbocycles. The second kappa shape index (κ2) is 4.98. The van der Waals surface area contributed by atoms with Crippen molar-refractivity contribution in [2.24, 2.45) is 0 Å². The highest BCUT2D eigenvalue weighted by Gasteiger charge is 2.15. The van der Waals surface area contributed by atoms with Gasteiger partial charge in [-0.3, -0.25) is 0 Å². The van der Waals surface area contributed by atoms with E-state index in [9.17, 15) is 0 Å². The summed E-state index contributed by atoms with van der Waals surface area (Å²) >= 11 is 0. The van der Waals surface area contributed by atoms with Gasteiger partial charge in [0.1, 0.15) is 11.6 Å². The number of hydrogen-bond donors (Lipinski definition) is 1. The van der Waals surface area contributed by atoms with Gasteiger partial charge in [-0.1, -0.05) is 0 Å². The van der Waals surface area contributed by atoms with E-state index in [4.69, 9.17) is 9.47 Å². The number of nitrogens with zero attached hydrogens (tertiary/aromatic N) is 1. The van der Waals surface area contributed by atoms with Crippen LogP contribution in [-0.2, 0) is 4.74 Å². The molecule has 1 aromatic rings. The Morgan fingerprint density at radius 1 is 1.33 bits per heavy atom. The third kappa shape index (κ3) is 3.75. The zero-order chi connectivity index (χ0) is 11.3. The minimum atomic E-state index is -0.193. The molecule has 0 spiro atoms. The first-order valence-electron chi connectivity index (χ1n) is 4.86. The van der Waals surface area contributed by atoms with Crippen LogP contribution in [0.1, 0.15) is 13.8 Å². The number of pyridine rings is 1. The van der Waals surface area contributed by atoms with Crippen LogP contribution in [0.3, 0.4) is 0 Å². The standard InChI is InChI=1S/C11H18N2O2/c1-11(2,15-4)8-13-10-6-5-9(14-3)7-12-10/h5-7H,8H2,1-4H3,(H,12,13). The maximum absolute atomic E-state index is 5.29. The average Bonchev–Trinajstić information content (AvgIpc) is 2.27. The van der Waals surface area contributed by atoms with Crippen LogP contribution in [0.5, 0.6) is 5.75 Å². The Hall–Kier alpha value is -1.29.